The Balaban J connectivity index is 2.41. The Morgan fingerprint density at radius 3 is 2.55 bits per heavy atom. The van der Waals surface area contributed by atoms with Gasteiger partial charge in [0.15, 0.2) is 0 Å². The first-order valence-electron chi connectivity index (χ1n) is 7.00. The molecule has 1 rings (SSSR count). The molecule has 0 aromatic heterocycles. The third-order valence-electron chi connectivity index (χ3n) is 3.33. The van der Waals surface area contributed by atoms with Crippen molar-refractivity contribution < 1.29 is 19.5 Å². The third kappa shape index (κ3) is 5.16. The maximum Gasteiger partial charge on any atom is 0.312 e. The van der Waals surface area contributed by atoms with E-state index in [0.717, 1.165) is 19.3 Å². The van der Waals surface area contributed by atoms with Crippen LogP contribution in [0, 0.1) is 0 Å². The minimum Gasteiger partial charge on any atom is -0.396 e. The number of likely N-dealkylation sites (tertiary alicyclic amines) is 1. The van der Waals surface area contributed by atoms with Gasteiger partial charge in [0.05, 0.1) is 0 Å². The van der Waals surface area contributed by atoms with Gasteiger partial charge in [0.1, 0.15) is 0 Å². The number of nitrogens with one attached hydrogen (secondary N) is 2. The SMILES string of the molecule is CC(=O)NCCNC(=O)C(=O)N1CCCCC1CCO. The first-order chi connectivity index (χ1) is 9.56. The zero-order chi connectivity index (χ0) is 15.0. The van der Waals surface area contributed by atoms with Crippen molar-refractivity contribution in [3.05, 3.63) is 0 Å². The molecular weight excluding hydrogens is 262 g/mol. The van der Waals surface area contributed by atoms with E-state index in [-0.39, 0.29) is 25.1 Å². The molecule has 1 unspecified atom stereocenters. The topological polar surface area (TPSA) is 98.7 Å². The minimum absolute atomic E-state index is 0.0125. The zero-order valence-electron chi connectivity index (χ0n) is 11.9. The highest BCUT2D eigenvalue weighted by Crippen LogP contribution is 2.19. The molecule has 1 aliphatic heterocycles. The summed E-state index contributed by atoms with van der Waals surface area (Å²) < 4.78 is 0. The Morgan fingerprint density at radius 2 is 1.90 bits per heavy atom. The van der Waals surface area contributed by atoms with Gasteiger partial charge in [-0.2, -0.15) is 0 Å². The molecule has 114 valence electrons. The molecule has 20 heavy (non-hydrogen) atoms. The van der Waals surface area contributed by atoms with Gasteiger partial charge >= 0.3 is 11.8 Å². The molecule has 7 nitrogen and oxygen atoms in total. The van der Waals surface area contributed by atoms with Crippen LogP contribution in [0.5, 0.6) is 0 Å². The van der Waals surface area contributed by atoms with Crippen LogP contribution in [0.15, 0.2) is 0 Å². The summed E-state index contributed by atoms with van der Waals surface area (Å²) in [6.07, 6.45) is 3.22. The Morgan fingerprint density at radius 1 is 1.20 bits per heavy atom. The maximum atomic E-state index is 12.1. The maximum absolute atomic E-state index is 12.1. The molecule has 7 heteroatoms. The number of carbonyl (C=O) groups excluding carboxylic acids is 3. The third-order valence-corrected chi connectivity index (χ3v) is 3.33. The van der Waals surface area contributed by atoms with Crippen molar-refractivity contribution in [1.29, 1.82) is 0 Å². The summed E-state index contributed by atoms with van der Waals surface area (Å²) in [6, 6.07) is -0.0534. The zero-order valence-corrected chi connectivity index (χ0v) is 11.9. The van der Waals surface area contributed by atoms with Crippen LogP contribution in [0.4, 0.5) is 0 Å². The van der Waals surface area contributed by atoms with Crippen molar-refractivity contribution in [2.24, 2.45) is 0 Å². The minimum atomic E-state index is -0.653. The fourth-order valence-electron chi connectivity index (χ4n) is 2.34. The molecule has 0 bridgehead atoms. The molecule has 1 heterocycles. The second-order valence-corrected chi connectivity index (χ2v) is 4.90. The predicted molar refractivity (Wildman–Crippen MR) is 72.7 cm³/mol. The largest absolute Gasteiger partial charge is 0.396 e. The van der Waals surface area contributed by atoms with E-state index in [1.165, 1.54) is 6.92 Å². The second kappa shape index (κ2) is 8.52. The highest BCUT2D eigenvalue weighted by molar-refractivity contribution is 6.35. The van der Waals surface area contributed by atoms with E-state index in [4.69, 9.17) is 5.11 Å². The molecule has 1 fully saturated rings. The van der Waals surface area contributed by atoms with Crippen LogP contribution in [0.25, 0.3) is 0 Å². The summed E-state index contributed by atoms with van der Waals surface area (Å²) in [4.78, 5) is 36.0. The number of carbonyl (C=O) groups is 3. The fourth-order valence-corrected chi connectivity index (χ4v) is 2.34. The summed E-state index contributed by atoms with van der Waals surface area (Å²) in [6.45, 7) is 2.48. The Kier molecular flexibility index (Phi) is 7.00. The molecular formula is C13H23N3O4. The Bertz CT molecular complexity index is 358. The monoisotopic (exact) mass is 285 g/mol. The Labute approximate surface area is 118 Å². The van der Waals surface area contributed by atoms with Crippen LogP contribution in [-0.4, -0.2) is 60.0 Å². The van der Waals surface area contributed by atoms with E-state index in [1.807, 2.05) is 0 Å². The average molecular weight is 285 g/mol. The van der Waals surface area contributed by atoms with E-state index in [0.29, 0.717) is 19.5 Å². The van der Waals surface area contributed by atoms with Crippen molar-refractivity contribution in [2.45, 2.75) is 38.6 Å². The van der Waals surface area contributed by atoms with Gasteiger partial charge in [-0.25, -0.2) is 0 Å². The van der Waals surface area contributed by atoms with Crippen LogP contribution in [0.1, 0.15) is 32.6 Å². The van der Waals surface area contributed by atoms with Crippen molar-refractivity contribution >= 4 is 17.7 Å². The van der Waals surface area contributed by atoms with E-state index >= 15 is 0 Å². The van der Waals surface area contributed by atoms with E-state index in [9.17, 15) is 14.4 Å². The standard InChI is InChI=1S/C13H23N3O4/c1-10(18)14-6-7-15-12(19)13(20)16-8-3-2-4-11(16)5-9-17/h11,17H,2-9H2,1H3,(H,14,18)(H,15,19). The summed E-state index contributed by atoms with van der Waals surface area (Å²) >= 11 is 0. The highest BCUT2D eigenvalue weighted by atomic mass is 16.3. The molecule has 1 atom stereocenters. The molecule has 3 N–H and O–H groups in total. The molecule has 1 aliphatic rings. The number of nitrogens with zero attached hydrogens (tertiary/aromatic N) is 1. The van der Waals surface area contributed by atoms with Crippen molar-refractivity contribution in [3.63, 3.8) is 0 Å². The van der Waals surface area contributed by atoms with Gasteiger partial charge in [-0.1, -0.05) is 0 Å². The normalized spacial score (nSPS) is 18.5. The van der Waals surface area contributed by atoms with Crippen molar-refractivity contribution in [1.82, 2.24) is 15.5 Å². The summed E-state index contributed by atoms with van der Waals surface area (Å²) in [5.74, 6) is -1.38. The lowest BCUT2D eigenvalue weighted by molar-refractivity contribution is -0.148. The molecule has 0 aromatic rings. The summed E-state index contributed by atoms with van der Waals surface area (Å²) in [5.41, 5.74) is 0. The van der Waals surface area contributed by atoms with Crippen LogP contribution < -0.4 is 10.6 Å². The van der Waals surface area contributed by atoms with Gasteiger partial charge in [0.25, 0.3) is 0 Å². The summed E-state index contributed by atoms with van der Waals surface area (Å²) in [7, 11) is 0. The van der Waals surface area contributed by atoms with E-state index < -0.39 is 11.8 Å². The molecule has 0 radical (unpaired) electrons. The second-order valence-electron chi connectivity index (χ2n) is 4.90. The van der Waals surface area contributed by atoms with Gasteiger partial charge < -0.3 is 20.6 Å². The van der Waals surface area contributed by atoms with Crippen LogP contribution >= 0.6 is 0 Å². The lowest BCUT2D eigenvalue weighted by Crippen LogP contribution is -2.51. The average Bonchev–Trinajstić information content (AvgIpc) is 2.43. The number of amides is 3. The number of piperidine rings is 1. The van der Waals surface area contributed by atoms with E-state index in [1.54, 1.807) is 4.90 Å². The lowest BCUT2D eigenvalue weighted by Gasteiger charge is -2.35. The van der Waals surface area contributed by atoms with E-state index in [2.05, 4.69) is 10.6 Å². The predicted octanol–water partition coefficient (Wildman–Crippen LogP) is -0.998. The Hall–Kier alpha value is -1.63. The van der Waals surface area contributed by atoms with Crippen molar-refractivity contribution in [3.8, 4) is 0 Å². The molecule has 0 aromatic carbocycles. The van der Waals surface area contributed by atoms with Crippen molar-refractivity contribution in [2.75, 3.05) is 26.2 Å². The first kappa shape index (κ1) is 16.4. The molecule has 0 saturated carbocycles. The summed E-state index contributed by atoms with van der Waals surface area (Å²) in [5, 5.41) is 14.0. The number of hydrogen-bond donors (Lipinski definition) is 3. The quantitative estimate of drug-likeness (QED) is 0.446. The molecule has 0 spiro atoms. The highest BCUT2D eigenvalue weighted by Gasteiger charge is 2.29. The van der Waals surface area contributed by atoms with Crippen LogP contribution in [-0.2, 0) is 14.4 Å². The number of hydrogen-bond acceptors (Lipinski definition) is 4. The molecule has 0 aliphatic carbocycles. The smallest absolute Gasteiger partial charge is 0.312 e. The first-order valence-corrected chi connectivity index (χ1v) is 7.00. The molecule has 3 amide bonds. The van der Waals surface area contributed by atoms with Gasteiger partial charge in [0.2, 0.25) is 5.91 Å². The van der Waals surface area contributed by atoms with Gasteiger partial charge in [-0.3, -0.25) is 14.4 Å². The number of aliphatic hydroxyl groups excluding tert-OH is 1. The van der Waals surface area contributed by atoms with Crippen LogP contribution in [0.3, 0.4) is 0 Å². The van der Waals surface area contributed by atoms with Gasteiger partial charge in [-0.05, 0) is 25.7 Å². The van der Waals surface area contributed by atoms with Gasteiger partial charge in [-0.15, -0.1) is 0 Å². The fraction of sp³-hybridized carbons (Fsp3) is 0.769. The van der Waals surface area contributed by atoms with Crippen LogP contribution in [0.2, 0.25) is 0 Å². The number of rotatable bonds is 5. The lowest BCUT2D eigenvalue weighted by atomic mass is 9.99. The van der Waals surface area contributed by atoms with Gasteiger partial charge in [0, 0.05) is 39.2 Å². The molecule has 1 saturated heterocycles. The number of aliphatic hydroxyl groups is 1.